The lowest BCUT2D eigenvalue weighted by molar-refractivity contribution is 0.446. The van der Waals surface area contributed by atoms with Crippen molar-refractivity contribution in [1.82, 2.24) is 14.9 Å². The summed E-state index contributed by atoms with van der Waals surface area (Å²) in [6.07, 6.45) is 4.54. The van der Waals surface area contributed by atoms with Gasteiger partial charge in [-0.1, -0.05) is 0 Å². The van der Waals surface area contributed by atoms with Gasteiger partial charge in [-0.2, -0.15) is 0 Å². The minimum absolute atomic E-state index is 0.0540. The molecule has 1 heterocycles. The van der Waals surface area contributed by atoms with Crippen LogP contribution in [0, 0.1) is 0 Å². The summed E-state index contributed by atoms with van der Waals surface area (Å²) in [6, 6.07) is 4.68. The largest absolute Gasteiger partial charge is 0.508 e. The number of nitrogens with zero attached hydrogens (tertiary/aromatic N) is 2. The third-order valence-corrected chi connectivity index (χ3v) is 3.14. The molecule has 0 bridgehead atoms. The van der Waals surface area contributed by atoms with Gasteiger partial charge in [0.1, 0.15) is 17.3 Å². The molecule has 0 saturated carbocycles. The topological polar surface area (TPSA) is 70.3 Å². The zero-order valence-corrected chi connectivity index (χ0v) is 11.2. The smallest absolute Gasteiger partial charge is 0.119 e. The van der Waals surface area contributed by atoms with Crippen molar-refractivity contribution >= 4 is 0 Å². The average Bonchev–Trinajstić information content (AvgIpc) is 2.74. The summed E-state index contributed by atoms with van der Waals surface area (Å²) < 4.78 is 1.99. The van der Waals surface area contributed by atoms with E-state index in [0.29, 0.717) is 0 Å². The van der Waals surface area contributed by atoms with E-state index in [1.165, 1.54) is 6.07 Å². The monoisotopic (exact) mass is 261 g/mol. The first-order valence-corrected chi connectivity index (χ1v) is 6.29. The van der Waals surface area contributed by atoms with Crippen molar-refractivity contribution in [2.24, 2.45) is 7.05 Å². The molecule has 2 aromatic rings. The van der Waals surface area contributed by atoms with Crippen molar-refractivity contribution in [1.29, 1.82) is 0 Å². The van der Waals surface area contributed by atoms with Crippen LogP contribution in [0.1, 0.15) is 24.4 Å². The molecule has 1 atom stereocenters. The Hall–Kier alpha value is -2.01. The molecule has 0 spiro atoms. The third-order valence-electron chi connectivity index (χ3n) is 3.14. The van der Waals surface area contributed by atoms with Gasteiger partial charge in [0.05, 0.1) is 0 Å². The lowest BCUT2D eigenvalue weighted by Crippen LogP contribution is -2.22. The second-order valence-corrected chi connectivity index (χ2v) is 4.66. The molecular weight excluding hydrogens is 242 g/mol. The molecule has 1 unspecified atom stereocenters. The molecule has 0 amide bonds. The van der Waals surface area contributed by atoms with Gasteiger partial charge in [0.25, 0.3) is 0 Å². The summed E-state index contributed by atoms with van der Waals surface area (Å²) in [5, 5.41) is 22.3. The summed E-state index contributed by atoms with van der Waals surface area (Å²) in [5.74, 6) is 1.18. The van der Waals surface area contributed by atoms with Crippen LogP contribution in [0.2, 0.25) is 0 Å². The first-order chi connectivity index (χ1) is 9.06. The van der Waals surface area contributed by atoms with Crippen LogP contribution in [-0.4, -0.2) is 26.3 Å². The van der Waals surface area contributed by atoms with Crippen LogP contribution in [0.3, 0.4) is 0 Å². The molecule has 5 nitrogen and oxygen atoms in total. The Morgan fingerprint density at radius 1 is 1.26 bits per heavy atom. The quantitative estimate of drug-likeness (QED) is 0.766. The SMILES string of the molecule is CC(NCCc1nccn1C)c1cc(O)cc(O)c1. The van der Waals surface area contributed by atoms with Crippen LogP contribution in [-0.2, 0) is 13.5 Å². The molecule has 0 saturated heterocycles. The van der Waals surface area contributed by atoms with Gasteiger partial charge >= 0.3 is 0 Å². The minimum Gasteiger partial charge on any atom is -0.508 e. The molecule has 19 heavy (non-hydrogen) atoms. The summed E-state index contributed by atoms with van der Waals surface area (Å²) in [5.41, 5.74) is 0.859. The molecule has 2 rings (SSSR count). The van der Waals surface area contributed by atoms with Gasteiger partial charge in [0, 0.05) is 44.5 Å². The fourth-order valence-electron chi connectivity index (χ4n) is 2.02. The Kier molecular flexibility index (Phi) is 4.06. The number of rotatable bonds is 5. The number of aromatic nitrogens is 2. The highest BCUT2D eigenvalue weighted by Gasteiger charge is 2.08. The van der Waals surface area contributed by atoms with E-state index in [0.717, 1.165) is 24.4 Å². The lowest BCUT2D eigenvalue weighted by atomic mass is 10.1. The van der Waals surface area contributed by atoms with Crippen molar-refractivity contribution in [2.75, 3.05) is 6.54 Å². The van der Waals surface area contributed by atoms with Gasteiger partial charge < -0.3 is 20.1 Å². The van der Waals surface area contributed by atoms with Crippen LogP contribution >= 0.6 is 0 Å². The molecule has 5 heteroatoms. The summed E-state index contributed by atoms with van der Waals surface area (Å²) in [7, 11) is 1.97. The molecule has 3 N–H and O–H groups in total. The Bertz CT molecular complexity index is 531. The van der Waals surface area contributed by atoms with Crippen molar-refractivity contribution < 1.29 is 10.2 Å². The Morgan fingerprint density at radius 2 is 1.95 bits per heavy atom. The Morgan fingerprint density at radius 3 is 2.53 bits per heavy atom. The first-order valence-electron chi connectivity index (χ1n) is 6.29. The van der Waals surface area contributed by atoms with Crippen molar-refractivity contribution in [3.05, 3.63) is 42.0 Å². The molecule has 1 aromatic heterocycles. The van der Waals surface area contributed by atoms with E-state index >= 15 is 0 Å². The number of phenolic OH excluding ortho intramolecular Hbond substituents is 2. The molecule has 0 aliphatic carbocycles. The van der Waals surface area contributed by atoms with E-state index in [4.69, 9.17) is 0 Å². The number of aryl methyl sites for hydroxylation is 1. The Labute approximate surface area is 112 Å². The van der Waals surface area contributed by atoms with Gasteiger partial charge in [0.15, 0.2) is 0 Å². The maximum absolute atomic E-state index is 9.45. The number of imidazole rings is 1. The number of aromatic hydroxyl groups is 2. The zero-order valence-electron chi connectivity index (χ0n) is 11.2. The maximum atomic E-state index is 9.45. The minimum atomic E-state index is 0.0540. The molecular formula is C14H19N3O2. The first kappa shape index (κ1) is 13.4. The molecule has 1 aromatic carbocycles. The predicted molar refractivity (Wildman–Crippen MR) is 73.1 cm³/mol. The predicted octanol–water partition coefficient (Wildman–Crippen LogP) is 1.72. The van der Waals surface area contributed by atoms with E-state index in [1.807, 2.05) is 24.7 Å². The van der Waals surface area contributed by atoms with Crippen molar-refractivity contribution in [3.63, 3.8) is 0 Å². The van der Waals surface area contributed by atoms with Crippen LogP contribution in [0.5, 0.6) is 11.5 Å². The maximum Gasteiger partial charge on any atom is 0.119 e. The average molecular weight is 261 g/mol. The van der Waals surface area contributed by atoms with Gasteiger partial charge in [-0.3, -0.25) is 0 Å². The van der Waals surface area contributed by atoms with Gasteiger partial charge in [0.2, 0.25) is 0 Å². The van der Waals surface area contributed by atoms with E-state index in [2.05, 4.69) is 10.3 Å². The number of phenols is 2. The molecule has 102 valence electrons. The van der Waals surface area contributed by atoms with Gasteiger partial charge in [-0.25, -0.2) is 4.98 Å². The van der Waals surface area contributed by atoms with Gasteiger partial charge in [-0.15, -0.1) is 0 Å². The molecule has 0 aliphatic heterocycles. The molecule has 0 aliphatic rings. The summed E-state index contributed by atoms with van der Waals surface area (Å²) in [4.78, 5) is 4.26. The number of hydrogen-bond acceptors (Lipinski definition) is 4. The van der Waals surface area contributed by atoms with Gasteiger partial charge in [-0.05, 0) is 24.6 Å². The second-order valence-electron chi connectivity index (χ2n) is 4.66. The van der Waals surface area contributed by atoms with E-state index in [9.17, 15) is 10.2 Å². The zero-order chi connectivity index (χ0) is 13.8. The number of benzene rings is 1. The highest BCUT2D eigenvalue weighted by molar-refractivity contribution is 5.37. The lowest BCUT2D eigenvalue weighted by Gasteiger charge is -2.14. The fraction of sp³-hybridized carbons (Fsp3) is 0.357. The van der Waals surface area contributed by atoms with E-state index < -0.39 is 0 Å². The summed E-state index contributed by atoms with van der Waals surface area (Å²) in [6.45, 7) is 2.77. The van der Waals surface area contributed by atoms with Crippen LogP contribution < -0.4 is 5.32 Å². The van der Waals surface area contributed by atoms with Crippen LogP contribution in [0.15, 0.2) is 30.6 Å². The highest BCUT2D eigenvalue weighted by Crippen LogP contribution is 2.24. The van der Waals surface area contributed by atoms with Crippen LogP contribution in [0.25, 0.3) is 0 Å². The third kappa shape index (κ3) is 3.48. The molecule has 0 radical (unpaired) electrons. The van der Waals surface area contributed by atoms with E-state index in [1.54, 1.807) is 18.3 Å². The number of nitrogens with one attached hydrogen (secondary N) is 1. The van der Waals surface area contributed by atoms with Crippen molar-refractivity contribution in [3.8, 4) is 11.5 Å². The standard InChI is InChI=1S/C14H19N3O2/c1-10(11-7-12(18)9-13(19)8-11)15-4-3-14-16-5-6-17(14)2/h5-10,15,18-19H,3-4H2,1-2H3. The van der Waals surface area contributed by atoms with Crippen molar-refractivity contribution in [2.45, 2.75) is 19.4 Å². The van der Waals surface area contributed by atoms with Crippen LogP contribution in [0.4, 0.5) is 0 Å². The summed E-state index contributed by atoms with van der Waals surface area (Å²) >= 11 is 0. The second kappa shape index (κ2) is 5.75. The molecule has 0 fully saturated rings. The fourth-order valence-corrected chi connectivity index (χ4v) is 2.02. The Balaban J connectivity index is 1.90. The highest BCUT2D eigenvalue weighted by atomic mass is 16.3. The van der Waals surface area contributed by atoms with E-state index in [-0.39, 0.29) is 17.5 Å². The normalized spacial score (nSPS) is 12.5. The number of hydrogen-bond donors (Lipinski definition) is 3.